The highest BCUT2D eigenvalue weighted by molar-refractivity contribution is 7.16. The Morgan fingerprint density at radius 3 is 2.63 bits per heavy atom. The molecular weight excluding hydrogens is 540 g/mol. The van der Waals surface area contributed by atoms with Gasteiger partial charge >= 0.3 is 6.03 Å². The first-order valence-electron chi connectivity index (χ1n) is 14.0. The van der Waals surface area contributed by atoms with Gasteiger partial charge in [-0.15, -0.1) is 11.3 Å². The first-order valence-corrected chi connectivity index (χ1v) is 14.8. The summed E-state index contributed by atoms with van der Waals surface area (Å²) in [5, 5.41) is 9.02. The van der Waals surface area contributed by atoms with E-state index in [1.54, 1.807) is 18.7 Å². The summed E-state index contributed by atoms with van der Waals surface area (Å²) in [7, 11) is 0. The first-order chi connectivity index (χ1) is 19.4. The Kier molecular flexibility index (Phi) is 9.42. The lowest BCUT2D eigenvalue weighted by molar-refractivity contribution is -0.133. The molecule has 41 heavy (non-hydrogen) atoms. The SMILES string of the molecule is Cc1ccc(NC(=O)Nc2sc(C(C)(C)C)cc2C(=O)N2CCNC(=O)C2(C)C)cc1C#CCOC1CCOCC1. The van der Waals surface area contributed by atoms with E-state index in [4.69, 9.17) is 9.47 Å². The average Bonchev–Trinajstić information content (AvgIpc) is 3.34. The van der Waals surface area contributed by atoms with Crippen LogP contribution in [0, 0.1) is 18.8 Å². The fourth-order valence-electron chi connectivity index (χ4n) is 4.65. The van der Waals surface area contributed by atoms with Crippen LogP contribution < -0.4 is 16.0 Å². The predicted molar refractivity (Wildman–Crippen MR) is 162 cm³/mol. The van der Waals surface area contributed by atoms with E-state index < -0.39 is 11.6 Å². The summed E-state index contributed by atoms with van der Waals surface area (Å²) in [5.74, 6) is 5.73. The molecule has 0 saturated carbocycles. The molecule has 0 spiro atoms. The van der Waals surface area contributed by atoms with Crippen molar-refractivity contribution in [3.05, 3.63) is 45.8 Å². The smallest absolute Gasteiger partial charge is 0.324 e. The number of rotatable bonds is 5. The zero-order chi connectivity index (χ0) is 29.8. The molecule has 4 rings (SSSR count). The van der Waals surface area contributed by atoms with E-state index in [1.807, 2.05) is 31.2 Å². The second kappa shape index (κ2) is 12.6. The van der Waals surface area contributed by atoms with Crippen molar-refractivity contribution >= 4 is 39.9 Å². The van der Waals surface area contributed by atoms with Gasteiger partial charge in [0, 0.05) is 42.4 Å². The third kappa shape index (κ3) is 7.47. The third-order valence-electron chi connectivity index (χ3n) is 7.30. The third-order valence-corrected chi connectivity index (χ3v) is 8.78. The number of hydrogen-bond donors (Lipinski definition) is 3. The molecular formula is C31H40N4O5S. The van der Waals surface area contributed by atoms with Gasteiger partial charge in [-0.3, -0.25) is 14.9 Å². The minimum atomic E-state index is -1.01. The van der Waals surface area contributed by atoms with E-state index in [1.165, 1.54) is 11.3 Å². The van der Waals surface area contributed by atoms with E-state index >= 15 is 0 Å². The molecule has 2 aliphatic heterocycles. The highest BCUT2D eigenvalue weighted by Gasteiger charge is 2.42. The van der Waals surface area contributed by atoms with Crippen LogP contribution in [0.15, 0.2) is 24.3 Å². The number of ether oxygens (including phenoxy) is 2. The summed E-state index contributed by atoms with van der Waals surface area (Å²) in [6.07, 6.45) is 1.95. The second-order valence-corrected chi connectivity index (χ2v) is 13.0. The number of carbonyl (C=O) groups is 3. The first kappa shape index (κ1) is 30.6. The molecule has 3 N–H and O–H groups in total. The average molecular weight is 581 g/mol. The lowest BCUT2D eigenvalue weighted by atomic mass is 9.93. The highest BCUT2D eigenvalue weighted by atomic mass is 32.1. The van der Waals surface area contributed by atoms with Crippen LogP contribution >= 0.6 is 11.3 Å². The number of benzene rings is 1. The molecule has 3 heterocycles. The molecule has 4 amide bonds. The summed E-state index contributed by atoms with van der Waals surface area (Å²) in [5.41, 5.74) is 1.50. The quantitative estimate of drug-likeness (QED) is 0.436. The molecule has 2 aromatic rings. The van der Waals surface area contributed by atoms with E-state index in [0.29, 0.717) is 35.9 Å². The van der Waals surface area contributed by atoms with Gasteiger partial charge in [0.1, 0.15) is 17.1 Å². The predicted octanol–water partition coefficient (Wildman–Crippen LogP) is 4.90. The number of piperazine rings is 1. The molecule has 0 bridgehead atoms. The van der Waals surface area contributed by atoms with Crippen LogP contribution in [0.1, 0.15) is 73.8 Å². The van der Waals surface area contributed by atoms with Crippen molar-refractivity contribution in [1.29, 1.82) is 0 Å². The largest absolute Gasteiger partial charge is 0.381 e. The van der Waals surface area contributed by atoms with Crippen LogP contribution in [-0.2, 0) is 19.7 Å². The van der Waals surface area contributed by atoms with E-state index in [-0.39, 0.29) is 23.3 Å². The van der Waals surface area contributed by atoms with Crippen LogP contribution in [0.4, 0.5) is 15.5 Å². The Morgan fingerprint density at radius 1 is 1.20 bits per heavy atom. The Hall–Kier alpha value is -3.39. The van der Waals surface area contributed by atoms with Gasteiger partial charge in [-0.1, -0.05) is 38.7 Å². The van der Waals surface area contributed by atoms with E-state index in [2.05, 4.69) is 48.6 Å². The molecule has 2 aliphatic rings. The van der Waals surface area contributed by atoms with Crippen molar-refractivity contribution in [3.8, 4) is 11.8 Å². The maximum Gasteiger partial charge on any atom is 0.324 e. The van der Waals surface area contributed by atoms with Crippen LogP contribution in [0.2, 0.25) is 0 Å². The van der Waals surface area contributed by atoms with E-state index in [0.717, 1.165) is 42.1 Å². The zero-order valence-electron chi connectivity index (χ0n) is 24.7. The fraction of sp³-hybridized carbons (Fsp3) is 0.516. The molecule has 1 aromatic heterocycles. The number of nitrogens with zero attached hydrogens (tertiary/aromatic N) is 1. The minimum absolute atomic E-state index is 0.182. The van der Waals surface area contributed by atoms with Crippen molar-refractivity contribution in [1.82, 2.24) is 10.2 Å². The number of nitrogens with one attached hydrogen (secondary N) is 3. The topological polar surface area (TPSA) is 109 Å². The van der Waals surface area contributed by atoms with Crippen LogP contribution in [-0.4, -0.2) is 67.3 Å². The molecule has 9 nitrogen and oxygen atoms in total. The Balaban J connectivity index is 1.48. The monoisotopic (exact) mass is 580 g/mol. The van der Waals surface area contributed by atoms with Gasteiger partial charge in [0.2, 0.25) is 5.91 Å². The number of carbonyl (C=O) groups excluding carboxylic acids is 3. The number of thiophene rings is 1. The van der Waals surface area contributed by atoms with Crippen LogP contribution in [0.25, 0.3) is 0 Å². The van der Waals surface area contributed by atoms with Gasteiger partial charge in [-0.05, 0) is 62.8 Å². The van der Waals surface area contributed by atoms with Gasteiger partial charge < -0.3 is 25.0 Å². The van der Waals surface area contributed by atoms with Crippen molar-refractivity contribution in [2.45, 2.75) is 71.4 Å². The summed E-state index contributed by atoms with van der Waals surface area (Å²) < 4.78 is 11.2. The maximum atomic E-state index is 13.7. The van der Waals surface area contributed by atoms with Gasteiger partial charge in [0.05, 0.1) is 11.7 Å². The summed E-state index contributed by atoms with van der Waals surface area (Å²) in [6, 6.07) is 6.90. The Morgan fingerprint density at radius 2 is 1.93 bits per heavy atom. The summed E-state index contributed by atoms with van der Waals surface area (Å²) >= 11 is 1.37. The number of hydrogen-bond acceptors (Lipinski definition) is 6. The van der Waals surface area contributed by atoms with Crippen molar-refractivity contribution in [2.24, 2.45) is 0 Å². The Bertz CT molecular complexity index is 1360. The highest BCUT2D eigenvalue weighted by Crippen LogP contribution is 2.37. The molecule has 220 valence electrons. The number of amides is 4. The fourth-order valence-corrected chi connectivity index (χ4v) is 5.75. The zero-order valence-corrected chi connectivity index (χ0v) is 25.5. The summed E-state index contributed by atoms with van der Waals surface area (Å²) in [4.78, 5) is 41.9. The molecule has 0 radical (unpaired) electrons. The maximum absolute atomic E-state index is 13.7. The van der Waals surface area contributed by atoms with Crippen molar-refractivity contribution in [2.75, 3.05) is 43.5 Å². The summed E-state index contributed by atoms with van der Waals surface area (Å²) in [6.45, 7) is 14.1. The number of anilines is 2. The normalized spacial score (nSPS) is 17.3. The molecule has 1 aromatic carbocycles. The molecule has 10 heteroatoms. The molecule has 0 unspecified atom stereocenters. The second-order valence-electron chi connectivity index (χ2n) is 11.9. The lowest BCUT2D eigenvalue weighted by Crippen LogP contribution is -2.63. The van der Waals surface area contributed by atoms with Crippen molar-refractivity contribution < 1.29 is 23.9 Å². The van der Waals surface area contributed by atoms with Crippen molar-refractivity contribution in [3.63, 3.8) is 0 Å². The molecule has 0 atom stereocenters. The standard InChI is InChI=1S/C31H40N4O5S/c1-20-9-10-22(18-21(20)8-7-15-40-23-11-16-39-17-12-23)33-29(38)34-26-24(19-25(41-26)30(2,3)4)27(36)35-14-13-32-28(37)31(35,5)6/h9-10,18-19,23H,11-17H2,1-6H3,(H,32,37)(H2,33,34,38). The van der Waals surface area contributed by atoms with Gasteiger partial charge in [-0.2, -0.15) is 0 Å². The number of urea groups is 1. The molecule has 2 fully saturated rings. The van der Waals surface area contributed by atoms with E-state index in [9.17, 15) is 14.4 Å². The van der Waals surface area contributed by atoms with Crippen LogP contribution in [0.5, 0.6) is 0 Å². The minimum Gasteiger partial charge on any atom is -0.381 e. The van der Waals surface area contributed by atoms with Crippen LogP contribution in [0.3, 0.4) is 0 Å². The molecule has 2 saturated heterocycles. The van der Waals surface area contributed by atoms with Gasteiger partial charge in [0.25, 0.3) is 5.91 Å². The molecule has 0 aliphatic carbocycles. The van der Waals surface area contributed by atoms with Gasteiger partial charge in [0.15, 0.2) is 0 Å². The number of aryl methyl sites for hydroxylation is 1. The van der Waals surface area contributed by atoms with Gasteiger partial charge in [-0.25, -0.2) is 4.79 Å². The Labute approximate surface area is 246 Å². The lowest BCUT2D eigenvalue weighted by Gasteiger charge is -2.41.